The van der Waals surface area contributed by atoms with Crippen LogP contribution in [0, 0.1) is 18.3 Å². The van der Waals surface area contributed by atoms with Gasteiger partial charge in [-0.1, -0.05) is 35.9 Å². The molecular weight excluding hydrogens is 602 g/mol. The number of halogens is 1. The number of nitrogens with zero attached hydrogens (tertiary/aromatic N) is 4. The Morgan fingerprint density at radius 2 is 1.76 bits per heavy atom. The summed E-state index contributed by atoms with van der Waals surface area (Å²) in [7, 11) is 3.36. The summed E-state index contributed by atoms with van der Waals surface area (Å²) in [4.78, 5) is 32.5. The molecule has 1 saturated heterocycles. The Hall–Kier alpha value is -4.62. The molecule has 1 aromatic heterocycles. The number of carbonyl (C=O) groups excluding carboxylic acids is 2. The van der Waals surface area contributed by atoms with Gasteiger partial charge in [-0.2, -0.15) is 5.26 Å². The van der Waals surface area contributed by atoms with Crippen LogP contribution in [-0.4, -0.2) is 72.2 Å². The number of ether oxygens (including phenoxy) is 2. The molecule has 46 heavy (non-hydrogen) atoms. The average Bonchev–Trinajstić information content (AvgIpc) is 3.38. The lowest BCUT2D eigenvalue weighted by Crippen LogP contribution is -2.52. The van der Waals surface area contributed by atoms with Crippen molar-refractivity contribution in [1.29, 1.82) is 5.26 Å². The lowest BCUT2D eigenvalue weighted by Gasteiger charge is -2.40. The molecule has 1 atom stereocenters. The fourth-order valence-electron chi connectivity index (χ4n) is 6.37. The van der Waals surface area contributed by atoms with Crippen LogP contribution in [0.15, 0.2) is 66.7 Å². The first-order valence-corrected chi connectivity index (χ1v) is 15.7. The van der Waals surface area contributed by atoms with E-state index in [1.165, 1.54) is 12.7 Å². The van der Waals surface area contributed by atoms with Gasteiger partial charge in [0, 0.05) is 66.9 Å². The third kappa shape index (κ3) is 6.24. The Bertz CT molecular complexity index is 1820. The van der Waals surface area contributed by atoms with E-state index in [0.717, 1.165) is 37.3 Å². The summed E-state index contributed by atoms with van der Waals surface area (Å²) in [5.74, 6) is -0.102. The number of rotatable bonds is 7. The van der Waals surface area contributed by atoms with E-state index in [9.17, 15) is 14.9 Å². The van der Waals surface area contributed by atoms with Gasteiger partial charge >= 0.3 is 0 Å². The van der Waals surface area contributed by atoms with Crippen LogP contribution >= 0.6 is 11.6 Å². The van der Waals surface area contributed by atoms with Crippen molar-refractivity contribution in [3.8, 4) is 23.1 Å². The highest BCUT2D eigenvalue weighted by Gasteiger charge is 2.34. The van der Waals surface area contributed by atoms with Crippen molar-refractivity contribution in [2.45, 2.75) is 25.9 Å². The molecule has 6 rings (SSSR count). The maximum absolute atomic E-state index is 14.8. The first kappa shape index (κ1) is 31.4. The molecule has 0 bridgehead atoms. The maximum atomic E-state index is 14.8. The first-order chi connectivity index (χ1) is 22.3. The van der Waals surface area contributed by atoms with Crippen LogP contribution in [0.3, 0.4) is 0 Å². The van der Waals surface area contributed by atoms with Crippen LogP contribution in [0.25, 0.3) is 11.3 Å². The minimum absolute atomic E-state index is 0.0724. The van der Waals surface area contributed by atoms with Crippen LogP contribution in [0.5, 0.6) is 5.75 Å². The number of fused-ring (bicyclic) bond motifs is 1. The summed E-state index contributed by atoms with van der Waals surface area (Å²) in [6.45, 7) is 6.02. The maximum Gasteiger partial charge on any atom is 0.257 e. The van der Waals surface area contributed by atoms with Crippen molar-refractivity contribution in [3.05, 3.63) is 105 Å². The largest absolute Gasteiger partial charge is 0.495 e. The molecule has 3 heterocycles. The van der Waals surface area contributed by atoms with Gasteiger partial charge in [0.1, 0.15) is 11.8 Å². The third-order valence-corrected chi connectivity index (χ3v) is 9.29. The van der Waals surface area contributed by atoms with Crippen LogP contribution in [0.1, 0.15) is 43.1 Å². The number of nitrogens with one attached hydrogen (secondary N) is 1. The molecule has 2 aliphatic heterocycles. The number of anilines is 1. The van der Waals surface area contributed by atoms with Gasteiger partial charge < -0.3 is 24.3 Å². The normalized spacial score (nSPS) is 16.4. The van der Waals surface area contributed by atoms with E-state index < -0.39 is 0 Å². The number of nitriles is 1. The van der Waals surface area contributed by atoms with Crippen LogP contribution < -0.4 is 10.1 Å². The molecule has 1 fully saturated rings. The zero-order chi connectivity index (χ0) is 32.4. The second-order valence-electron chi connectivity index (χ2n) is 11.7. The lowest BCUT2D eigenvalue weighted by molar-refractivity contribution is 0.0193. The summed E-state index contributed by atoms with van der Waals surface area (Å²) >= 11 is 6.02. The van der Waals surface area contributed by atoms with E-state index in [1.807, 2.05) is 35.6 Å². The molecule has 0 spiro atoms. The molecule has 2 aliphatic rings. The Kier molecular flexibility index (Phi) is 9.13. The quantitative estimate of drug-likeness (QED) is 0.280. The first-order valence-electron chi connectivity index (χ1n) is 15.3. The van der Waals surface area contributed by atoms with E-state index in [-0.39, 0.29) is 23.4 Å². The predicted molar refractivity (Wildman–Crippen MR) is 177 cm³/mol. The number of amides is 2. The van der Waals surface area contributed by atoms with Crippen LogP contribution in [-0.2, 0) is 24.8 Å². The van der Waals surface area contributed by atoms with Gasteiger partial charge in [0.2, 0.25) is 0 Å². The summed E-state index contributed by atoms with van der Waals surface area (Å²) in [5.41, 5.74) is 6.05. The number of hydrogen-bond acceptors (Lipinski definition) is 6. The van der Waals surface area contributed by atoms with Crippen molar-refractivity contribution >= 4 is 29.1 Å². The molecule has 0 radical (unpaired) electrons. The number of methoxy groups -OCH3 is 1. The van der Waals surface area contributed by atoms with E-state index in [1.54, 1.807) is 42.5 Å². The Morgan fingerprint density at radius 1 is 1.04 bits per heavy atom. The molecule has 10 heteroatoms. The molecule has 1 N–H and O–H groups in total. The highest BCUT2D eigenvalue weighted by atomic mass is 35.5. The molecule has 236 valence electrons. The summed E-state index contributed by atoms with van der Waals surface area (Å²) in [5, 5.41) is 13.5. The second-order valence-corrected chi connectivity index (χ2v) is 12.2. The topological polar surface area (TPSA) is 99.8 Å². The average molecular weight is 638 g/mol. The predicted octanol–water partition coefficient (Wildman–Crippen LogP) is 5.69. The Labute approximate surface area is 273 Å². The van der Waals surface area contributed by atoms with E-state index in [2.05, 4.69) is 28.4 Å². The third-order valence-electron chi connectivity index (χ3n) is 9.04. The Balaban J connectivity index is 1.41. The zero-order valence-electron chi connectivity index (χ0n) is 26.2. The standard InChI is InChI=1S/C36H36ClN5O4/c1-23-30(35(43)39-28-10-8-27(37)9-11-28)18-33(40(23)2)31-19-34(45-3)26(20-38)17-32(31)36(44)42-21-25-7-5-4-6-24(25)16-29(42)22-41-12-14-46-15-13-41/h4-11,17-19,29H,12-16,21-22H2,1-3H3,(H,39,43)/t29-/m0/s1. The lowest BCUT2D eigenvalue weighted by atomic mass is 9.91. The summed E-state index contributed by atoms with van der Waals surface area (Å²) in [6.07, 6.45) is 0.730. The number of hydrogen-bond donors (Lipinski definition) is 1. The van der Waals surface area contributed by atoms with Crippen LogP contribution in [0.2, 0.25) is 5.02 Å². The fraction of sp³-hybridized carbons (Fsp3) is 0.306. The second kappa shape index (κ2) is 13.4. The van der Waals surface area contributed by atoms with E-state index >= 15 is 0 Å². The van der Waals surface area contributed by atoms with Crippen molar-refractivity contribution in [2.75, 3.05) is 45.3 Å². The zero-order valence-corrected chi connectivity index (χ0v) is 26.9. The summed E-state index contributed by atoms with van der Waals surface area (Å²) in [6, 6.07) is 22.4. The smallest absolute Gasteiger partial charge is 0.257 e. The van der Waals surface area contributed by atoms with Crippen molar-refractivity contribution < 1.29 is 19.1 Å². The number of morpholine rings is 1. The number of carbonyl (C=O) groups is 2. The molecule has 4 aromatic rings. The van der Waals surface area contributed by atoms with Crippen molar-refractivity contribution in [1.82, 2.24) is 14.4 Å². The highest BCUT2D eigenvalue weighted by molar-refractivity contribution is 6.30. The monoisotopic (exact) mass is 637 g/mol. The molecule has 0 aliphatic carbocycles. The highest BCUT2D eigenvalue weighted by Crippen LogP contribution is 2.36. The van der Waals surface area contributed by atoms with Gasteiger partial charge in [-0.25, -0.2) is 0 Å². The number of aromatic nitrogens is 1. The van der Waals surface area contributed by atoms with Gasteiger partial charge in [-0.05, 0) is 66.9 Å². The summed E-state index contributed by atoms with van der Waals surface area (Å²) < 4.78 is 13.1. The van der Waals surface area contributed by atoms with Gasteiger partial charge in [0.15, 0.2) is 0 Å². The molecule has 3 aromatic carbocycles. The van der Waals surface area contributed by atoms with Gasteiger partial charge in [-0.3, -0.25) is 14.5 Å². The van der Waals surface area contributed by atoms with E-state index in [4.69, 9.17) is 21.1 Å². The minimum Gasteiger partial charge on any atom is -0.495 e. The molecule has 9 nitrogen and oxygen atoms in total. The Morgan fingerprint density at radius 3 is 2.46 bits per heavy atom. The molecule has 0 unspecified atom stereocenters. The molecular formula is C36H36ClN5O4. The molecule has 0 saturated carbocycles. The van der Waals surface area contributed by atoms with E-state index in [0.29, 0.717) is 58.6 Å². The van der Waals surface area contributed by atoms with Gasteiger partial charge in [0.05, 0.1) is 37.0 Å². The minimum atomic E-state index is -0.284. The number of benzene rings is 3. The SMILES string of the molecule is COc1cc(-c2cc(C(=O)Nc3ccc(Cl)cc3)c(C)n2C)c(C(=O)N2Cc3ccccc3C[C@H]2CN2CCOCC2)cc1C#N. The van der Waals surface area contributed by atoms with Gasteiger partial charge in [0.25, 0.3) is 11.8 Å². The van der Waals surface area contributed by atoms with Crippen molar-refractivity contribution in [3.63, 3.8) is 0 Å². The fourth-order valence-corrected chi connectivity index (χ4v) is 6.49. The van der Waals surface area contributed by atoms with Crippen molar-refractivity contribution in [2.24, 2.45) is 7.05 Å². The van der Waals surface area contributed by atoms with Gasteiger partial charge in [-0.15, -0.1) is 0 Å². The molecule has 2 amide bonds. The van der Waals surface area contributed by atoms with Crippen LogP contribution in [0.4, 0.5) is 5.69 Å².